The SMILES string of the molecule is C=C(C)C1CC[C@]2(NCCN3CCN(S(=O)(=O)c4ccc5c(c4)OCCO5)CC3)CC[C@]3(C)[C@H](CC[C@@H]4[C@@]5(C)CC=C(c6ccc(C(=O)O)cc6)C(C)(C)[C@@H]5CC[C@]43C)[C@@H]12. The summed E-state index contributed by atoms with van der Waals surface area (Å²) in [7, 11) is -3.62. The number of nitrogens with one attached hydrogen (secondary N) is 1. The van der Waals surface area contributed by atoms with Crippen LogP contribution in [-0.2, 0) is 10.0 Å². The van der Waals surface area contributed by atoms with Crippen LogP contribution in [-0.4, -0.2) is 86.7 Å². The summed E-state index contributed by atoms with van der Waals surface area (Å²) in [5.74, 6) is 3.21. The number of aromatic carboxylic acids is 1. The number of nitrogens with zero attached hydrogens (tertiary/aromatic N) is 2. The molecule has 0 aromatic heterocycles. The van der Waals surface area contributed by atoms with Gasteiger partial charge in [-0.2, -0.15) is 4.31 Å². The molecule has 60 heavy (non-hydrogen) atoms. The Morgan fingerprint density at radius 2 is 1.57 bits per heavy atom. The normalized spacial score (nSPS) is 37.5. The van der Waals surface area contributed by atoms with Crippen LogP contribution in [0.25, 0.3) is 5.57 Å². The highest BCUT2D eigenvalue weighted by Crippen LogP contribution is 2.76. The maximum Gasteiger partial charge on any atom is 0.335 e. The number of carboxylic acid groups (broad SMARTS) is 1. The average molecular weight is 840 g/mol. The van der Waals surface area contributed by atoms with Crippen LogP contribution in [0.3, 0.4) is 0 Å². The number of benzene rings is 2. The average Bonchev–Trinajstić information content (AvgIpc) is 3.61. The summed E-state index contributed by atoms with van der Waals surface area (Å²) in [6.07, 6.45) is 13.6. The third-order valence-corrected chi connectivity index (χ3v) is 20.4. The summed E-state index contributed by atoms with van der Waals surface area (Å²) in [6, 6.07) is 12.5. The molecule has 0 amide bonds. The number of carbonyl (C=O) groups is 1. The molecule has 1 saturated heterocycles. The van der Waals surface area contributed by atoms with Crippen LogP contribution >= 0.6 is 0 Å². The molecule has 4 saturated carbocycles. The van der Waals surface area contributed by atoms with Crippen molar-refractivity contribution in [2.75, 3.05) is 52.5 Å². The highest BCUT2D eigenvalue weighted by atomic mass is 32.2. The van der Waals surface area contributed by atoms with Crippen molar-refractivity contribution < 1.29 is 27.8 Å². The van der Waals surface area contributed by atoms with Gasteiger partial charge in [0.15, 0.2) is 11.5 Å². The van der Waals surface area contributed by atoms with Crippen molar-refractivity contribution in [2.45, 2.75) is 110 Å². The minimum atomic E-state index is -3.62. The molecule has 2 aromatic rings. The summed E-state index contributed by atoms with van der Waals surface area (Å²) >= 11 is 0. The van der Waals surface area contributed by atoms with Gasteiger partial charge in [-0.25, -0.2) is 13.2 Å². The van der Waals surface area contributed by atoms with Crippen LogP contribution in [0.1, 0.15) is 115 Å². The molecule has 5 fully saturated rings. The fourth-order valence-electron chi connectivity index (χ4n) is 15.3. The molecular weight excluding hydrogens is 771 g/mol. The van der Waals surface area contributed by atoms with Crippen LogP contribution in [0, 0.1) is 51.2 Å². The molecule has 9 atom stereocenters. The molecule has 9 nitrogen and oxygen atoms in total. The zero-order chi connectivity index (χ0) is 42.5. The predicted octanol–water partition coefficient (Wildman–Crippen LogP) is 9.16. The fourth-order valence-corrected chi connectivity index (χ4v) is 16.8. The summed E-state index contributed by atoms with van der Waals surface area (Å²) in [6.45, 7) is 25.0. The first-order valence-corrected chi connectivity index (χ1v) is 24.5. The predicted molar refractivity (Wildman–Crippen MR) is 237 cm³/mol. The lowest BCUT2D eigenvalue weighted by atomic mass is 9.33. The van der Waals surface area contributed by atoms with E-state index in [4.69, 9.17) is 9.47 Å². The molecule has 326 valence electrons. The van der Waals surface area contributed by atoms with E-state index in [1.807, 2.05) is 12.1 Å². The lowest BCUT2D eigenvalue weighted by molar-refractivity contribution is -0.219. The maximum absolute atomic E-state index is 13.6. The van der Waals surface area contributed by atoms with Crippen molar-refractivity contribution in [3.63, 3.8) is 0 Å². The highest BCUT2D eigenvalue weighted by Gasteiger charge is 2.70. The minimum absolute atomic E-state index is 0.00741. The molecule has 0 bridgehead atoms. The Morgan fingerprint density at radius 1 is 0.850 bits per heavy atom. The molecule has 9 rings (SSSR count). The van der Waals surface area contributed by atoms with E-state index in [9.17, 15) is 18.3 Å². The van der Waals surface area contributed by atoms with Gasteiger partial charge in [-0.05, 0) is 151 Å². The smallest absolute Gasteiger partial charge is 0.335 e. The Kier molecular flexibility index (Phi) is 10.5. The molecule has 7 aliphatic rings. The molecule has 1 unspecified atom stereocenters. The van der Waals surface area contributed by atoms with Crippen molar-refractivity contribution >= 4 is 21.6 Å². The van der Waals surface area contributed by atoms with Crippen LogP contribution in [0.5, 0.6) is 11.5 Å². The van der Waals surface area contributed by atoms with Crippen molar-refractivity contribution in [1.29, 1.82) is 0 Å². The molecule has 5 aliphatic carbocycles. The van der Waals surface area contributed by atoms with Crippen molar-refractivity contribution in [3.05, 3.63) is 71.8 Å². The molecule has 0 spiro atoms. The summed E-state index contributed by atoms with van der Waals surface area (Å²) in [5.41, 5.74) is 5.07. The van der Waals surface area contributed by atoms with Gasteiger partial charge in [-0.15, -0.1) is 0 Å². The van der Waals surface area contributed by atoms with E-state index in [0.717, 1.165) is 32.6 Å². The van der Waals surface area contributed by atoms with Crippen molar-refractivity contribution in [3.8, 4) is 11.5 Å². The number of hydrogen-bond donors (Lipinski definition) is 2. The van der Waals surface area contributed by atoms with Crippen molar-refractivity contribution in [1.82, 2.24) is 14.5 Å². The first-order chi connectivity index (χ1) is 28.4. The highest BCUT2D eigenvalue weighted by molar-refractivity contribution is 7.89. The van der Waals surface area contributed by atoms with Gasteiger partial charge in [0.1, 0.15) is 13.2 Å². The van der Waals surface area contributed by atoms with E-state index in [-0.39, 0.29) is 32.1 Å². The topological polar surface area (TPSA) is 108 Å². The van der Waals surface area contributed by atoms with Gasteiger partial charge in [-0.1, -0.05) is 65.0 Å². The van der Waals surface area contributed by atoms with Crippen LogP contribution in [0.4, 0.5) is 0 Å². The van der Waals surface area contributed by atoms with Gasteiger partial charge in [0, 0.05) is 50.9 Å². The standard InChI is InChI=1S/C50H69N3O6S/c1-33(2)37-16-21-50(51-24-25-52-26-28-53(29-27-52)60(56,57)36-12-14-40-41(32-36)59-31-30-58-40)23-22-48(6)39(44(37)50)13-15-43-47(5)19-17-38(34-8-10-35(11-9-34)45(54)55)46(3,4)42(47)18-20-49(43,48)7/h8-12,14,17,32,37,39,42-44,51H,1,13,15-16,18-31H2,2-7H3,(H,54,55)/t37?,39-,42+,43-,44-,47+,48-,49-,50+/m1/s1. The number of fused-ring (bicyclic) bond motifs is 8. The van der Waals surface area contributed by atoms with E-state index in [1.54, 1.807) is 34.6 Å². The minimum Gasteiger partial charge on any atom is -0.486 e. The van der Waals surface area contributed by atoms with E-state index in [2.05, 4.69) is 64.4 Å². The first-order valence-electron chi connectivity index (χ1n) is 23.0. The van der Waals surface area contributed by atoms with Gasteiger partial charge in [0.05, 0.1) is 10.5 Å². The Balaban J connectivity index is 0.887. The second-order valence-corrected chi connectivity index (χ2v) is 23.2. The molecule has 2 aromatic carbocycles. The Hall–Kier alpha value is -3.18. The van der Waals surface area contributed by atoms with Crippen molar-refractivity contribution in [2.24, 2.45) is 51.2 Å². The number of ether oxygens (including phenoxy) is 2. The molecule has 2 N–H and O–H groups in total. The number of sulfonamides is 1. The molecule has 2 heterocycles. The summed E-state index contributed by atoms with van der Waals surface area (Å²) in [5, 5.41) is 13.8. The van der Waals surface area contributed by atoms with E-state index < -0.39 is 16.0 Å². The molecular formula is C50H69N3O6S. The lowest BCUT2D eigenvalue weighted by Crippen LogP contribution is -2.68. The lowest BCUT2D eigenvalue weighted by Gasteiger charge is -2.72. The molecule has 0 radical (unpaired) electrons. The Bertz CT molecular complexity index is 2160. The van der Waals surface area contributed by atoms with Crippen LogP contribution < -0.4 is 14.8 Å². The molecule has 10 heteroatoms. The monoisotopic (exact) mass is 839 g/mol. The zero-order valence-electron chi connectivity index (χ0n) is 37.0. The van der Waals surface area contributed by atoms with E-state index >= 15 is 0 Å². The summed E-state index contributed by atoms with van der Waals surface area (Å²) < 4.78 is 40.2. The Labute approximate surface area is 359 Å². The second kappa shape index (κ2) is 15.0. The van der Waals surface area contributed by atoms with E-state index in [0.29, 0.717) is 73.0 Å². The number of hydrogen-bond acceptors (Lipinski definition) is 7. The van der Waals surface area contributed by atoms with Crippen LogP contribution in [0.2, 0.25) is 0 Å². The second-order valence-electron chi connectivity index (χ2n) is 21.2. The van der Waals surface area contributed by atoms with Gasteiger partial charge in [0.25, 0.3) is 0 Å². The van der Waals surface area contributed by atoms with Gasteiger partial charge in [0.2, 0.25) is 10.0 Å². The molecule has 2 aliphatic heterocycles. The number of rotatable bonds is 9. The largest absolute Gasteiger partial charge is 0.486 e. The van der Waals surface area contributed by atoms with Gasteiger partial charge in [-0.3, -0.25) is 4.90 Å². The third-order valence-electron chi connectivity index (χ3n) is 18.5. The number of allylic oxidation sites excluding steroid dienone is 3. The fraction of sp³-hybridized carbons (Fsp3) is 0.660. The maximum atomic E-state index is 13.6. The van der Waals surface area contributed by atoms with Crippen LogP contribution in [0.15, 0.2) is 65.6 Å². The van der Waals surface area contributed by atoms with Gasteiger partial charge < -0.3 is 19.9 Å². The summed E-state index contributed by atoms with van der Waals surface area (Å²) in [4.78, 5) is 14.3. The van der Waals surface area contributed by atoms with E-state index in [1.165, 1.54) is 68.1 Å². The Morgan fingerprint density at radius 3 is 2.27 bits per heavy atom. The first kappa shape index (κ1) is 42.1. The quantitative estimate of drug-likeness (QED) is 0.241. The third kappa shape index (κ3) is 6.46. The zero-order valence-corrected chi connectivity index (χ0v) is 37.8. The number of piperazine rings is 1. The number of carboxylic acids is 1. The van der Waals surface area contributed by atoms with Gasteiger partial charge >= 0.3 is 5.97 Å².